The number of carbonyl (C=O) groups is 1. The molecule has 0 amide bonds. The van der Waals surface area contributed by atoms with Crippen molar-refractivity contribution in [2.45, 2.75) is 26.1 Å². The minimum absolute atomic E-state index is 0.354. The molecular weight excluding hydrogens is 140 g/mol. The Balaban J connectivity index is 4.04. The normalized spacial score (nSPS) is 15.1. The molecule has 0 spiro atoms. The lowest BCUT2D eigenvalue weighted by molar-refractivity contribution is -0.138. The van der Waals surface area contributed by atoms with E-state index in [-0.39, 0.29) is 5.41 Å². The van der Waals surface area contributed by atoms with E-state index < -0.39 is 11.3 Å². The Labute approximate surface area is 59.8 Å². The Morgan fingerprint density at radius 1 is 1.56 bits per heavy atom. The fraction of sp³-hybridized carbons (Fsp3) is 0.833. The van der Waals surface area contributed by atoms with Gasteiger partial charge in [0.15, 0.2) is 0 Å². The number of alkyl halides is 1. The molecule has 0 fully saturated rings. The van der Waals surface area contributed by atoms with Crippen LogP contribution in [0.3, 0.4) is 0 Å². The molecule has 1 N–H and O–H groups in total. The summed E-state index contributed by atoms with van der Waals surface area (Å²) in [5.74, 6) is -0.954. The van der Waals surface area contributed by atoms with Crippen LogP contribution < -0.4 is 0 Å². The molecular formula is C6H11ClO2. The predicted molar refractivity (Wildman–Crippen MR) is 36.7 cm³/mol. The molecule has 0 saturated carbocycles. The number of hydrogen-bond acceptors (Lipinski definition) is 1. The maximum absolute atomic E-state index is 10.2. The first-order chi connectivity index (χ1) is 3.85. The molecule has 3 heteroatoms. The first kappa shape index (κ1) is 8.76. The summed E-state index contributed by atoms with van der Waals surface area (Å²) in [5, 5.41) is 7.59. The number of carboxylic acid groups (broad SMARTS) is 1. The fourth-order valence-electron chi connectivity index (χ4n) is 0.370. The maximum Gasteiger partial charge on any atom is 0.322 e. The molecule has 0 aliphatic carbocycles. The summed E-state index contributed by atoms with van der Waals surface area (Å²) in [6.45, 7) is 5.37. The largest absolute Gasteiger partial charge is 0.480 e. The summed E-state index contributed by atoms with van der Waals surface area (Å²) in [5.41, 5.74) is -0.354. The second kappa shape index (κ2) is 2.56. The van der Waals surface area contributed by atoms with Gasteiger partial charge in [0.1, 0.15) is 5.38 Å². The van der Waals surface area contributed by atoms with Gasteiger partial charge in [0.05, 0.1) is 0 Å². The third-order valence-corrected chi connectivity index (χ3v) is 1.82. The highest BCUT2D eigenvalue weighted by Gasteiger charge is 2.28. The molecule has 0 bridgehead atoms. The van der Waals surface area contributed by atoms with E-state index in [1.54, 1.807) is 20.8 Å². The summed E-state index contributed by atoms with van der Waals surface area (Å²) in [6.07, 6.45) is 0. The van der Waals surface area contributed by atoms with Crippen LogP contribution in [0.1, 0.15) is 20.8 Å². The summed E-state index contributed by atoms with van der Waals surface area (Å²) in [4.78, 5) is 10.2. The monoisotopic (exact) mass is 150 g/mol. The van der Waals surface area contributed by atoms with E-state index in [1.807, 2.05) is 0 Å². The van der Waals surface area contributed by atoms with Crippen LogP contribution in [0.15, 0.2) is 0 Å². The minimum atomic E-state index is -0.954. The molecule has 0 aliphatic rings. The van der Waals surface area contributed by atoms with Crippen LogP contribution in [0.4, 0.5) is 0 Å². The maximum atomic E-state index is 10.2. The van der Waals surface area contributed by atoms with Crippen molar-refractivity contribution in [3.63, 3.8) is 0 Å². The van der Waals surface area contributed by atoms with Crippen molar-refractivity contribution < 1.29 is 9.90 Å². The minimum Gasteiger partial charge on any atom is -0.480 e. The quantitative estimate of drug-likeness (QED) is 0.578. The zero-order valence-electron chi connectivity index (χ0n) is 5.81. The van der Waals surface area contributed by atoms with Gasteiger partial charge in [-0.05, 0) is 5.41 Å². The molecule has 0 aliphatic heterocycles. The lowest BCUT2D eigenvalue weighted by atomic mass is 9.92. The molecule has 54 valence electrons. The Morgan fingerprint density at radius 2 is 1.89 bits per heavy atom. The van der Waals surface area contributed by atoms with Gasteiger partial charge in [-0.3, -0.25) is 4.79 Å². The third-order valence-electron chi connectivity index (χ3n) is 0.977. The summed E-state index contributed by atoms with van der Waals surface area (Å²) in [7, 11) is 0. The highest BCUT2D eigenvalue weighted by atomic mass is 35.5. The van der Waals surface area contributed by atoms with E-state index in [1.165, 1.54) is 0 Å². The van der Waals surface area contributed by atoms with Crippen LogP contribution in [0, 0.1) is 5.41 Å². The van der Waals surface area contributed by atoms with Crippen molar-refractivity contribution in [1.82, 2.24) is 0 Å². The topological polar surface area (TPSA) is 37.3 Å². The van der Waals surface area contributed by atoms with Crippen molar-refractivity contribution in [1.29, 1.82) is 0 Å². The van der Waals surface area contributed by atoms with Crippen molar-refractivity contribution in [3.8, 4) is 0 Å². The van der Waals surface area contributed by atoms with Crippen molar-refractivity contribution in [3.05, 3.63) is 0 Å². The van der Waals surface area contributed by atoms with Gasteiger partial charge in [-0.25, -0.2) is 0 Å². The first-order valence-electron chi connectivity index (χ1n) is 2.72. The summed E-state index contributed by atoms with van der Waals surface area (Å²) in [6, 6.07) is 0. The van der Waals surface area contributed by atoms with E-state index in [9.17, 15) is 4.79 Å². The average molecular weight is 151 g/mol. The van der Waals surface area contributed by atoms with Crippen molar-refractivity contribution in [2.24, 2.45) is 5.41 Å². The van der Waals surface area contributed by atoms with Gasteiger partial charge in [0, 0.05) is 0 Å². The number of halogens is 1. The van der Waals surface area contributed by atoms with Gasteiger partial charge in [0.2, 0.25) is 0 Å². The van der Waals surface area contributed by atoms with Gasteiger partial charge >= 0.3 is 5.97 Å². The molecule has 0 heterocycles. The van der Waals surface area contributed by atoms with E-state index in [4.69, 9.17) is 16.7 Å². The van der Waals surface area contributed by atoms with E-state index >= 15 is 0 Å². The number of hydrogen-bond donors (Lipinski definition) is 1. The second-order valence-electron chi connectivity index (χ2n) is 3.07. The first-order valence-corrected chi connectivity index (χ1v) is 3.16. The highest BCUT2D eigenvalue weighted by molar-refractivity contribution is 6.30. The lowest BCUT2D eigenvalue weighted by Crippen LogP contribution is -2.28. The van der Waals surface area contributed by atoms with Gasteiger partial charge < -0.3 is 5.11 Å². The molecule has 0 aromatic heterocycles. The molecule has 1 atom stereocenters. The molecule has 0 rings (SSSR count). The SMILES string of the molecule is CC(C)(C)C(Cl)C(=O)O. The highest BCUT2D eigenvalue weighted by Crippen LogP contribution is 2.23. The Morgan fingerprint density at radius 3 is 1.89 bits per heavy atom. The smallest absolute Gasteiger partial charge is 0.322 e. The Hall–Kier alpha value is -0.240. The Kier molecular flexibility index (Phi) is 2.50. The third kappa shape index (κ3) is 2.70. The molecule has 0 radical (unpaired) electrons. The lowest BCUT2D eigenvalue weighted by Gasteiger charge is -2.20. The molecule has 0 aromatic rings. The van der Waals surface area contributed by atoms with Crippen LogP contribution in [-0.4, -0.2) is 16.5 Å². The molecule has 0 saturated heterocycles. The zero-order chi connectivity index (χ0) is 7.65. The number of rotatable bonds is 1. The summed E-state index contributed by atoms with van der Waals surface area (Å²) < 4.78 is 0. The molecule has 9 heavy (non-hydrogen) atoms. The van der Waals surface area contributed by atoms with Crippen LogP contribution in [0.25, 0.3) is 0 Å². The number of aliphatic carboxylic acids is 1. The average Bonchev–Trinajstić information content (AvgIpc) is 1.62. The zero-order valence-corrected chi connectivity index (χ0v) is 6.57. The van der Waals surface area contributed by atoms with Gasteiger partial charge in [-0.15, -0.1) is 11.6 Å². The van der Waals surface area contributed by atoms with Crippen LogP contribution in [0.5, 0.6) is 0 Å². The predicted octanol–water partition coefficient (Wildman–Crippen LogP) is 1.72. The molecule has 1 unspecified atom stereocenters. The van der Waals surface area contributed by atoms with Gasteiger partial charge in [-0.1, -0.05) is 20.8 Å². The second-order valence-corrected chi connectivity index (χ2v) is 3.50. The van der Waals surface area contributed by atoms with Gasteiger partial charge in [-0.2, -0.15) is 0 Å². The molecule has 0 aromatic carbocycles. The van der Waals surface area contributed by atoms with Crippen molar-refractivity contribution in [2.75, 3.05) is 0 Å². The van der Waals surface area contributed by atoms with Crippen molar-refractivity contribution >= 4 is 17.6 Å². The van der Waals surface area contributed by atoms with E-state index in [2.05, 4.69) is 0 Å². The fourth-order valence-corrected chi connectivity index (χ4v) is 0.370. The van der Waals surface area contributed by atoms with Crippen LogP contribution in [0.2, 0.25) is 0 Å². The Bertz CT molecular complexity index is 115. The van der Waals surface area contributed by atoms with E-state index in [0.29, 0.717) is 0 Å². The van der Waals surface area contributed by atoms with Gasteiger partial charge in [0.25, 0.3) is 0 Å². The number of carboxylic acids is 1. The van der Waals surface area contributed by atoms with Crippen LogP contribution >= 0.6 is 11.6 Å². The standard InChI is InChI=1S/C6H11ClO2/c1-6(2,3)4(7)5(8)9/h4H,1-3H3,(H,8,9). The molecule has 2 nitrogen and oxygen atoms in total. The van der Waals surface area contributed by atoms with E-state index in [0.717, 1.165) is 0 Å². The summed E-state index contributed by atoms with van der Waals surface area (Å²) >= 11 is 5.49. The van der Waals surface area contributed by atoms with Crippen LogP contribution in [-0.2, 0) is 4.79 Å².